The van der Waals surface area contributed by atoms with Crippen molar-refractivity contribution in [1.82, 2.24) is 4.90 Å². The first-order valence-electron chi connectivity index (χ1n) is 6.41. The highest BCUT2D eigenvalue weighted by atomic mass is 79.9. The number of nitrogens with zero attached hydrogens (tertiary/aromatic N) is 2. The van der Waals surface area contributed by atoms with Gasteiger partial charge < -0.3 is 15.5 Å². The maximum absolute atomic E-state index is 11.9. The number of nitrogens with two attached hydrogens (primary N) is 1. The Labute approximate surface area is 134 Å². The Morgan fingerprint density at radius 2 is 2.05 bits per heavy atom. The second-order valence-electron chi connectivity index (χ2n) is 4.74. The van der Waals surface area contributed by atoms with Gasteiger partial charge in [0.2, 0.25) is 5.91 Å². The van der Waals surface area contributed by atoms with Crippen molar-refractivity contribution in [1.29, 1.82) is 0 Å². The summed E-state index contributed by atoms with van der Waals surface area (Å²) >= 11 is 8.50. The van der Waals surface area contributed by atoms with Crippen LogP contribution in [0.4, 0.5) is 5.69 Å². The molecule has 20 heavy (non-hydrogen) atoms. The molecule has 1 aromatic rings. The van der Waals surface area contributed by atoms with E-state index in [0.29, 0.717) is 11.5 Å². The SMILES string of the molecule is CCCN(CC(=O)N(C)C)c1ccc(C(N)=S)cc1Br. The molecule has 110 valence electrons. The van der Waals surface area contributed by atoms with Gasteiger partial charge in [-0.15, -0.1) is 0 Å². The minimum Gasteiger partial charge on any atom is -0.389 e. The van der Waals surface area contributed by atoms with Crippen LogP contribution in [0, 0.1) is 0 Å². The van der Waals surface area contributed by atoms with Gasteiger partial charge in [0, 0.05) is 30.7 Å². The number of hydrogen-bond donors (Lipinski definition) is 1. The van der Waals surface area contributed by atoms with Crippen LogP contribution in [0.15, 0.2) is 22.7 Å². The third-order valence-electron chi connectivity index (χ3n) is 2.89. The van der Waals surface area contributed by atoms with Crippen molar-refractivity contribution >= 4 is 44.7 Å². The fourth-order valence-corrected chi connectivity index (χ4v) is 2.53. The van der Waals surface area contributed by atoms with Crippen LogP contribution >= 0.6 is 28.1 Å². The van der Waals surface area contributed by atoms with Crippen LogP contribution in [0.2, 0.25) is 0 Å². The van der Waals surface area contributed by atoms with E-state index in [-0.39, 0.29) is 5.91 Å². The number of likely N-dealkylation sites (N-methyl/N-ethyl adjacent to an activating group) is 1. The number of hydrogen-bond acceptors (Lipinski definition) is 3. The van der Waals surface area contributed by atoms with E-state index in [1.165, 1.54) is 0 Å². The largest absolute Gasteiger partial charge is 0.389 e. The van der Waals surface area contributed by atoms with Crippen LogP contribution in [0.3, 0.4) is 0 Å². The molecule has 0 unspecified atom stereocenters. The van der Waals surface area contributed by atoms with Gasteiger partial charge in [-0.05, 0) is 40.5 Å². The highest BCUT2D eigenvalue weighted by Crippen LogP contribution is 2.27. The summed E-state index contributed by atoms with van der Waals surface area (Å²) < 4.78 is 0.891. The van der Waals surface area contributed by atoms with Crippen LogP contribution in [0.25, 0.3) is 0 Å². The second-order valence-corrected chi connectivity index (χ2v) is 6.03. The Hall–Kier alpha value is -1.14. The zero-order valence-corrected chi connectivity index (χ0v) is 14.4. The van der Waals surface area contributed by atoms with Crippen LogP contribution in [-0.4, -0.2) is 43.0 Å². The summed E-state index contributed by atoms with van der Waals surface area (Å²) in [6.07, 6.45) is 0.963. The molecule has 0 bridgehead atoms. The maximum Gasteiger partial charge on any atom is 0.241 e. The summed E-state index contributed by atoms with van der Waals surface area (Å²) in [7, 11) is 3.52. The molecule has 4 nitrogen and oxygen atoms in total. The summed E-state index contributed by atoms with van der Waals surface area (Å²) in [5.41, 5.74) is 7.41. The normalized spacial score (nSPS) is 10.2. The van der Waals surface area contributed by atoms with Gasteiger partial charge in [-0.3, -0.25) is 4.79 Å². The molecule has 0 radical (unpaired) electrons. The lowest BCUT2D eigenvalue weighted by Gasteiger charge is -2.26. The molecule has 0 saturated carbocycles. The highest BCUT2D eigenvalue weighted by molar-refractivity contribution is 9.10. The molecule has 6 heteroatoms. The van der Waals surface area contributed by atoms with E-state index in [1.54, 1.807) is 19.0 Å². The average molecular weight is 358 g/mol. The average Bonchev–Trinajstić information content (AvgIpc) is 2.37. The van der Waals surface area contributed by atoms with Crippen LogP contribution in [0.5, 0.6) is 0 Å². The van der Waals surface area contributed by atoms with Gasteiger partial charge in [-0.2, -0.15) is 0 Å². The predicted molar refractivity (Wildman–Crippen MR) is 91.2 cm³/mol. The van der Waals surface area contributed by atoms with Crippen molar-refractivity contribution in [3.63, 3.8) is 0 Å². The Morgan fingerprint density at radius 3 is 2.50 bits per heavy atom. The fourth-order valence-electron chi connectivity index (χ4n) is 1.78. The molecule has 1 aromatic carbocycles. The molecular formula is C14H20BrN3OS. The van der Waals surface area contributed by atoms with Gasteiger partial charge in [0.05, 0.1) is 12.2 Å². The number of halogens is 1. The smallest absolute Gasteiger partial charge is 0.241 e. The van der Waals surface area contributed by atoms with E-state index in [2.05, 4.69) is 27.8 Å². The Bertz CT molecular complexity index is 505. The number of benzene rings is 1. The van der Waals surface area contributed by atoms with Gasteiger partial charge in [0.15, 0.2) is 0 Å². The minimum absolute atomic E-state index is 0.0729. The van der Waals surface area contributed by atoms with Crippen LogP contribution in [-0.2, 0) is 4.79 Å². The maximum atomic E-state index is 11.9. The van der Waals surface area contributed by atoms with Crippen molar-refractivity contribution in [2.45, 2.75) is 13.3 Å². The monoisotopic (exact) mass is 357 g/mol. The van der Waals surface area contributed by atoms with Gasteiger partial charge in [-0.1, -0.05) is 19.1 Å². The molecule has 0 spiro atoms. The lowest BCUT2D eigenvalue weighted by molar-refractivity contribution is -0.127. The molecule has 0 aliphatic rings. The van der Waals surface area contributed by atoms with Gasteiger partial charge in [0.1, 0.15) is 4.99 Å². The molecule has 1 rings (SSSR count). The first-order valence-corrected chi connectivity index (χ1v) is 7.61. The van der Waals surface area contributed by atoms with Crippen molar-refractivity contribution in [2.24, 2.45) is 5.73 Å². The Balaban J connectivity index is 3.02. The third kappa shape index (κ3) is 4.45. The third-order valence-corrected chi connectivity index (χ3v) is 3.76. The molecule has 2 N–H and O–H groups in total. The van der Waals surface area contributed by atoms with Crippen LogP contribution < -0.4 is 10.6 Å². The zero-order valence-electron chi connectivity index (χ0n) is 12.0. The number of rotatable bonds is 6. The molecule has 0 fully saturated rings. The zero-order chi connectivity index (χ0) is 15.3. The van der Waals surface area contributed by atoms with E-state index in [4.69, 9.17) is 18.0 Å². The first kappa shape index (κ1) is 16.9. The molecular weight excluding hydrogens is 338 g/mol. The molecule has 0 saturated heterocycles. The first-order chi connectivity index (χ1) is 9.36. The number of carbonyl (C=O) groups excluding carboxylic acids is 1. The van der Waals surface area contributed by atoms with E-state index in [1.807, 2.05) is 18.2 Å². The van der Waals surface area contributed by atoms with Gasteiger partial charge in [-0.25, -0.2) is 0 Å². The molecule has 0 heterocycles. The Morgan fingerprint density at radius 1 is 1.40 bits per heavy atom. The molecule has 0 aromatic heterocycles. The molecule has 0 atom stereocenters. The van der Waals surface area contributed by atoms with E-state index >= 15 is 0 Å². The summed E-state index contributed by atoms with van der Waals surface area (Å²) in [6, 6.07) is 5.71. The standard InChI is InChI=1S/C14H20BrN3OS/c1-4-7-18(9-13(19)17(2)3)12-6-5-10(14(16)20)8-11(12)15/h5-6,8H,4,7,9H2,1-3H3,(H2,16,20). The van der Waals surface area contributed by atoms with Crippen molar-refractivity contribution < 1.29 is 4.79 Å². The quantitative estimate of drug-likeness (QED) is 0.794. The fraction of sp³-hybridized carbons (Fsp3) is 0.429. The number of anilines is 1. The topological polar surface area (TPSA) is 49.6 Å². The molecule has 0 aliphatic carbocycles. The van der Waals surface area contributed by atoms with Crippen molar-refractivity contribution in [3.05, 3.63) is 28.2 Å². The summed E-state index contributed by atoms with van der Waals surface area (Å²) in [5.74, 6) is 0.0729. The van der Waals surface area contributed by atoms with Gasteiger partial charge in [0.25, 0.3) is 0 Å². The van der Waals surface area contributed by atoms with Crippen LogP contribution in [0.1, 0.15) is 18.9 Å². The summed E-state index contributed by atoms with van der Waals surface area (Å²) in [5, 5.41) is 0. The summed E-state index contributed by atoms with van der Waals surface area (Å²) in [6.45, 7) is 3.25. The number of thiocarbonyl (C=S) groups is 1. The second kappa shape index (κ2) is 7.59. The highest BCUT2D eigenvalue weighted by Gasteiger charge is 2.15. The van der Waals surface area contributed by atoms with Crippen molar-refractivity contribution in [2.75, 3.05) is 32.1 Å². The number of carbonyl (C=O) groups is 1. The van der Waals surface area contributed by atoms with E-state index in [9.17, 15) is 4.79 Å². The Kier molecular flexibility index (Phi) is 6.42. The molecule has 0 aliphatic heterocycles. The predicted octanol–water partition coefficient (Wildman–Crippen LogP) is 2.39. The lowest BCUT2D eigenvalue weighted by Crippen LogP contribution is -2.37. The van der Waals surface area contributed by atoms with E-state index in [0.717, 1.165) is 28.7 Å². The van der Waals surface area contributed by atoms with E-state index < -0.39 is 0 Å². The van der Waals surface area contributed by atoms with Crippen molar-refractivity contribution in [3.8, 4) is 0 Å². The lowest BCUT2D eigenvalue weighted by atomic mass is 10.2. The molecule has 1 amide bonds. The number of amides is 1. The van der Waals surface area contributed by atoms with Gasteiger partial charge >= 0.3 is 0 Å². The minimum atomic E-state index is 0.0729. The summed E-state index contributed by atoms with van der Waals surface area (Å²) in [4.78, 5) is 15.9.